The number of hydrogen-bond donors (Lipinski definition) is 2. The molecule has 1 aromatic rings. The molecule has 0 bridgehead atoms. The summed E-state index contributed by atoms with van der Waals surface area (Å²) in [6.07, 6.45) is 3.95. The van der Waals surface area contributed by atoms with Crippen molar-refractivity contribution in [3.05, 3.63) is 38.8 Å². The van der Waals surface area contributed by atoms with Gasteiger partial charge in [0.1, 0.15) is 6.54 Å². The zero-order valence-electron chi connectivity index (χ0n) is 11.5. The number of aromatic nitrogens is 1. The van der Waals surface area contributed by atoms with E-state index in [1.165, 1.54) is 0 Å². The normalized spacial score (nSPS) is 21.2. The summed E-state index contributed by atoms with van der Waals surface area (Å²) >= 11 is 0. The zero-order chi connectivity index (χ0) is 15.4. The van der Waals surface area contributed by atoms with Gasteiger partial charge in [-0.2, -0.15) is 0 Å². The number of amides is 1. The Balaban J connectivity index is 2.04. The van der Waals surface area contributed by atoms with Gasteiger partial charge in [-0.1, -0.05) is 6.42 Å². The molecule has 1 aromatic heterocycles. The third kappa shape index (κ3) is 3.66. The van der Waals surface area contributed by atoms with Gasteiger partial charge in [-0.25, -0.2) is 0 Å². The lowest BCUT2D eigenvalue weighted by atomic mass is 10.0. The minimum absolute atomic E-state index is 0.0249. The maximum atomic E-state index is 12.0. The van der Waals surface area contributed by atoms with E-state index in [0.717, 1.165) is 42.2 Å². The van der Waals surface area contributed by atoms with Crippen molar-refractivity contribution in [2.75, 3.05) is 6.54 Å². The van der Waals surface area contributed by atoms with E-state index in [2.05, 4.69) is 5.32 Å². The highest BCUT2D eigenvalue weighted by Crippen LogP contribution is 2.24. The fourth-order valence-corrected chi connectivity index (χ4v) is 2.67. The highest BCUT2D eigenvalue weighted by atomic mass is 16.6. The summed E-state index contributed by atoms with van der Waals surface area (Å²) in [6.45, 7) is 0.288. The number of nitro groups is 1. The largest absolute Gasteiger partial charge is 0.351 e. The zero-order valence-corrected chi connectivity index (χ0v) is 11.5. The van der Waals surface area contributed by atoms with E-state index in [1.807, 2.05) is 0 Å². The first-order chi connectivity index (χ1) is 10.0. The van der Waals surface area contributed by atoms with Gasteiger partial charge in [-0.3, -0.25) is 24.3 Å². The molecule has 8 nitrogen and oxygen atoms in total. The maximum Gasteiger partial charge on any atom is 0.285 e. The summed E-state index contributed by atoms with van der Waals surface area (Å²) in [6, 6.07) is 2.24. The average Bonchev–Trinajstić information content (AvgIpc) is 2.88. The van der Waals surface area contributed by atoms with Crippen LogP contribution in [0.4, 0.5) is 5.69 Å². The van der Waals surface area contributed by atoms with Crippen molar-refractivity contribution in [2.45, 2.75) is 31.8 Å². The van der Waals surface area contributed by atoms with Gasteiger partial charge in [0.15, 0.2) is 0 Å². The van der Waals surface area contributed by atoms with Crippen molar-refractivity contribution in [1.82, 2.24) is 9.88 Å². The highest BCUT2D eigenvalue weighted by Gasteiger charge is 2.27. The Kier molecular flexibility index (Phi) is 4.69. The van der Waals surface area contributed by atoms with E-state index in [-0.39, 0.29) is 30.1 Å². The lowest BCUT2D eigenvalue weighted by Crippen LogP contribution is -2.42. The Morgan fingerprint density at radius 1 is 1.48 bits per heavy atom. The van der Waals surface area contributed by atoms with E-state index in [0.29, 0.717) is 6.54 Å². The molecule has 2 unspecified atom stereocenters. The fraction of sp³-hybridized carbons (Fsp3) is 0.538. The topological polar surface area (TPSA) is 120 Å². The molecule has 2 atom stereocenters. The molecule has 2 rings (SSSR count). The molecule has 1 heterocycles. The molecule has 0 radical (unpaired) electrons. The van der Waals surface area contributed by atoms with Crippen molar-refractivity contribution >= 4 is 11.6 Å². The van der Waals surface area contributed by atoms with Crippen LogP contribution in [0, 0.1) is 16.0 Å². The first-order valence-electron chi connectivity index (χ1n) is 6.85. The molecule has 1 amide bonds. The molecule has 8 heteroatoms. The quantitative estimate of drug-likeness (QED) is 0.585. The Morgan fingerprint density at radius 3 is 2.90 bits per heavy atom. The molecule has 0 aliphatic heterocycles. The highest BCUT2D eigenvalue weighted by molar-refractivity contribution is 5.76. The summed E-state index contributed by atoms with van der Waals surface area (Å²) in [7, 11) is 0. The minimum Gasteiger partial charge on any atom is -0.351 e. The lowest BCUT2D eigenvalue weighted by molar-refractivity contribution is -0.385. The molecule has 0 aromatic carbocycles. The number of nitrogens with zero attached hydrogens (tertiary/aromatic N) is 2. The van der Waals surface area contributed by atoms with E-state index in [1.54, 1.807) is 0 Å². The third-order valence-electron chi connectivity index (χ3n) is 3.80. The van der Waals surface area contributed by atoms with Crippen LogP contribution in [0.1, 0.15) is 19.3 Å². The molecular weight excluding hydrogens is 276 g/mol. The van der Waals surface area contributed by atoms with Crippen LogP contribution in [0.15, 0.2) is 23.1 Å². The predicted molar refractivity (Wildman–Crippen MR) is 75.7 cm³/mol. The van der Waals surface area contributed by atoms with Gasteiger partial charge in [0.05, 0.1) is 11.1 Å². The van der Waals surface area contributed by atoms with Gasteiger partial charge < -0.3 is 11.1 Å². The smallest absolute Gasteiger partial charge is 0.285 e. The molecule has 1 aliphatic carbocycles. The van der Waals surface area contributed by atoms with Gasteiger partial charge >= 0.3 is 0 Å². The van der Waals surface area contributed by atoms with Crippen LogP contribution < -0.4 is 16.6 Å². The van der Waals surface area contributed by atoms with Crippen LogP contribution in [0.2, 0.25) is 0 Å². The monoisotopic (exact) mass is 294 g/mol. The standard InChI is InChI=1S/C13H18N4O4/c14-6-9-2-1-3-11(9)15-12(18)8-16-7-10(17(20)21)4-5-13(16)19/h4-5,7,9,11H,1-3,6,8,14H2,(H,15,18). The van der Waals surface area contributed by atoms with Crippen LogP contribution in [0.25, 0.3) is 0 Å². The van der Waals surface area contributed by atoms with Crippen LogP contribution in [-0.4, -0.2) is 28.0 Å². The van der Waals surface area contributed by atoms with E-state index in [9.17, 15) is 19.7 Å². The molecule has 0 saturated heterocycles. The second-order valence-electron chi connectivity index (χ2n) is 5.21. The summed E-state index contributed by atoms with van der Waals surface area (Å²) in [4.78, 5) is 33.7. The molecule has 21 heavy (non-hydrogen) atoms. The molecule has 3 N–H and O–H groups in total. The maximum absolute atomic E-state index is 12.0. The number of nitrogens with two attached hydrogens (primary N) is 1. The number of nitrogens with one attached hydrogen (secondary N) is 1. The molecule has 1 aliphatic rings. The third-order valence-corrected chi connectivity index (χ3v) is 3.80. The van der Waals surface area contributed by atoms with E-state index < -0.39 is 10.5 Å². The van der Waals surface area contributed by atoms with Crippen LogP contribution >= 0.6 is 0 Å². The number of pyridine rings is 1. The molecule has 0 spiro atoms. The molecule has 1 saturated carbocycles. The Labute approximate surface area is 121 Å². The van der Waals surface area contributed by atoms with Crippen LogP contribution in [0.5, 0.6) is 0 Å². The van der Waals surface area contributed by atoms with Gasteiger partial charge in [0.25, 0.3) is 11.2 Å². The lowest BCUT2D eigenvalue weighted by Gasteiger charge is -2.19. The van der Waals surface area contributed by atoms with Gasteiger partial charge in [-0.05, 0) is 25.3 Å². The molecular formula is C13H18N4O4. The first kappa shape index (κ1) is 15.2. The van der Waals surface area contributed by atoms with Gasteiger partial charge in [0, 0.05) is 18.2 Å². The Morgan fingerprint density at radius 2 is 2.24 bits per heavy atom. The van der Waals surface area contributed by atoms with E-state index >= 15 is 0 Å². The second-order valence-corrected chi connectivity index (χ2v) is 5.21. The van der Waals surface area contributed by atoms with Crippen molar-refractivity contribution in [3.8, 4) is 0 Å². The number of hydrogen-bond acceptors (Lipinski definition) is 5. The summed E-state index contributed by atoms with van der Waals surface area (Å²) in [5.74, 6) is -0.0706. The van der Waals surface area contributed by atoms with Crippen molar-refractivity contribution in [2.24, 2.45) is 11.7 Å². The van der Waals surface area contributed by atoms with E-state index in [4.69, 9.17) is 5.73 Å². The van der Waals surface area contributed by atoms with Crippen LogP contribution in [0.3, 0.4) is 0 Å². The average molecular weight is 294 g/mol. The van der Waals surface area contributed by atoms with Crippen molar-refractivity contribution in [3.63, 3.8) is 0 Å². The SMILES string of the molecule is NCC1CCCC1NC(=O)Cn1cc([N+](=O)[O-])ccc1=O. The van der Waals surface area contributed by atoms with Crippen molar-refractivity contribution < 1.29 is 9.72 Å². The first-order valence-corrected chi connectivity index (χ1v) is 6.85. The van der Waals surface area contributed by atoms with Gasteiger partial charge in [-0.15, -0.1) is 0 Å². The Hall–Kier alpha value is -2.22. The summed E-state index contributed by atoms with van der Waals surface area (Å²) < 4.78 is 1.04. The fourth-order valence-electron chi connectivity index (χ4n) is 2.67. The molecule has 114 valence electrons. The molecule has 1 fully saturated rings. The second kappa shape index (κ2) is 6.49. The van der Waals surface area contributed by atoms with Crippen molar-refractivity contribution in [1.29, 1.82) is 0 Å². The summed E-state index contributed by atoms with van der Waals surface area (Å²) in [5, 5.41) is 13.5. The Bertz CT molecular complexity index is 598. The van der Waals surface area contributed by atoms with Gasteiger partial charge in [0.2, 0.25) is 5.91 Å². The van der Waals surface area contributed by atoms with Crippen LogP contribution in [-0.2, 0) is 11.3 Å². The summed E-state index contributed by atoms with van der Waals surface area (Å²) in [5.41, 5.74) is 4.98. The number of carbonyl (C=O) groups excluding carboxylic acids is 1. The number of carbonyl (C=O) groups is 1. The minimum atomic E-state index is -0.602. The predicted octanol–water partition coefficient (Wildman–Crippen LogP) is 0.0001000. The number of rotatable bonds is 5.